The average Bonchev–Trinajstić information content (AvgIpc) is 2.02. The van der Waals surface area contributed by atoms with E-state index in [1.807, 2.05) is 0 Å². The molecule has 0 aliphatic rings. The van der Waals surface area contributed by atoms with Gasteiger partial charge in [-0.05, 0) is 19.4 Å². The quantitative estimate of drug-likeness (QED) is 0.778. The Morgan fingerprint density at radius 3 is 2.57 bits per heavy atom. The maximum Gasteiger partial charge on any atom is 0.131 e. The van der Waals surface area contributed by atoms with E-state index in [1.165, 1.54) is 6.07 Å². The second kappa shape index (κ2) is 4.02. The molecule has 1 rings (SSSR count). The monoisotopic (exact) mass is 201 g/mol. The molecule has 0 radical (unpaired) electrons. The van der Waals surface area contributed by atoms with Crippen molar-refractivity contribution < 1.29 is 13.9 Å². The Hall–Kier alpha value is -1.00. The van der Waals surface area contributed by atoms with Gasteiger partial charge in [-0.15, -0.1) is 0 Å². The standard InChI is InChI=1S/C10H13F2NO/c1-10(13,4-5-14)8-3-2-7(11)6-9(8)12/h2-3,6,14H,4-5,13H2,1H3/t10-/m0/s1. The van der Waals surface area contributed by atoms with Crippen LogP contribution in [0.3, 0.4) is 0 Å². The Balaban J connectivity index is 3.06. The van der Waals surface area contributed by atoms with Crippen molar-refractivity contribution in [2.45, 2.75) is 18.9 Å². The van der Waals surface area contributed by atoms with Crippen LogP contribution in [0.15, 0.2) is 18.2 Å². The highest BCUT2D eigenvalue weighted by molar-refractivity contribution is 5.25. The average molecular weight is 201 g/mol. The van der Waals surface area contributed by atoms with Crippen molar-refractivity contribution in [1.82, 2.24) is 0 Å². The lowest BCUT2D eigenvalue weighted by Gasteiger charge is -2.24. The summed E-state index contributed by atoms with van der Waals surface area (Å²) < 4.78 is 25.9. The molecule has 0 amide bonds. The molecular formula is C10H13F2NO. The fourth-order valence-corrected chi connectivity index (χ4v) is 1.32. The number of halogens is 2. The smallest absolute Gasteiger partial charge is 0.131 e. The first kappa shape index (κ1) is 11.1. The summed E-state index contributed by atoms with van der Waals surface area (Å²) in [5, 5.41) is 8.73. The fraction of sp³-hybridized carbons (Fsp3) is 0.400. The Bertz CT molecular complexity index is 326. The topological polar surface area (TPSA) is 46.2 Å². The van der Waals surface area contributed by atoms with Crippen LogP contribution in [0.2, 0.25) is 0 Å². The fourth-order valence-electron chi connectivity index (χ4n) is 1.32. The van der Waals surface area contributed by atoms with Gasteiger partial charge in [0.2, 0.25) is 0 Å². The van der Waals surface area contributed by atoms with Crippen LogP contribution in [-0.4, -0.2) is 11.7 Å². The summed E-state index contributed by atoms with van der Waals surface area (Å²) in [6.07, 6.45) is 0.232. The summed E-state index contributed by atoms with van der Waals surface area (Å²) in [4.78, 5) is 0. The lowest BCUT2D eigenvalue weighted by molar-refractivity contribution is 0.244. The van der Waals surface area contributed by atoms with E-state index in [1.54, 1.807) is 6.92 Å². The van der Waals surface area contributed by atoms with Crippen molar-refractivity contribution in [3.05, 3.63) is 35.4 Å². The third-order valence-corrected chi connectivity index (χ3v) is 2.18. The summed E-state index contributed by atoms with van der Waals surface area (Å²) in [6.45, 7) is 1.46. The maximum absolute atomic E-state index is 13.3. The van der Waals surface area contributed by atoms with Crippen molar-refractivity contribution in [3.63, 3.8) is 0 Å². The molecule has 0 unspecified atom stereocenters. The highest BCUT2D eigenvalue weighted by Crippen LogP contribution is 2.24. The number of aliphatic hydroxyl groups excluding tert-OH is 1. The summed E-state index contributed by atoms with van der Waals surface area (Å²) in [6, 6.07) is 3.25. The minimum absolute atomic E-state index is 0.135. The van der Waals surface area contributed by atoms with Crippen molar-refractivity contribution in [2.75, 3.05) is 6.61 Å². The molecule has 0 saturated carbocycles. The van der Waals surface area contributed by atoms with Crippen molar-refractivity contribution >= 4 is 0 Å². The predicted molar refractivity (Wildman–Crippen MR) is 49.6 cm³/mol. The second-order valence-corrected chi connectivity index (χ2v) is 3.52. The molecule has 4 heteroatoms. The molecule has 78 valence electrons. The largest absolute Gasteiger partial charge is 0.396 e. The zero-order chi connectivity index (χ0) is 10.8. The summed E-state index contributed by atoms with van der Waals surface area (Å²) in [5.74, 6) is -1.31. The molecule has 1 aromatic rings. The van der Waals surface area contributed by atoms with E-state index >= 15 is 0 Å². The van der Waals surface area contributed by atoms with Gasteiger partial charge in [0, 0.05) is 23.8 Å². The maximum atomic E-state index is 13.3. The van der Waals surface area contributed by atoms with Crippen LogP contribution in [0.25, 0.3) is 0 Å². The molecule has 1 atom stereocenters. The first-order chi connectivity index (χ1) is 6.47. The van der Waals surface area contributed by atoms with Gasteiger partial charge < -0.3 is 10.8 Å². The SMILES string of the molecule is C[C@](N)(CCO)c1ccc(F)cc1F. The molecule has 0 aliphatic heterocycles. The van der Waals surface area contributed by atoms with Gasteiger partial charge in [0.05, 0.1) is 0 Å². The molecule has 14 heavy (non-hydrogen) atoms. The van der Waals surface area contributed by atoms with E-state index in [2.05, 4.69) is 0 Å². The molecule has 0 heterocycles. The Morgan fingerprint density at radius 1 is 1.43 bits per heavy atom. The van der Waals surface area contributed by atoms with Crippen molar-refractivity contribution in [3.8, 4) is 0 Å². The lowest BCUT2D eigenvalue weighted by Crippen LogP contribution is -2.35. The molecular weight excluding hydrogens is 188 g/mol. The first-order valence-corrected chi connectivity index (χ1v) is 4.32. The van der Waals surface area contributed by atoms with Crippen molar-refractivity contribution in [1.29, 1.82) is 0 Å². The van der Waals surface area contributed by atoms with E-state index < -0.39 is 17.2 Å². The Labute approximate surface area is 81.4 Å². The van der Waals surface area contributed by atoms with Crippen LogP contribution in [0, 0.1) is 11.6 Å². The van der Waals surface area contributed by atoms with E-state index in [0.29, 0.717) is 0 Å². The minimum Gasteiger partial charge on any atom is -0.396 e. The first-order valence-electron chi connectivity index (χ1n) is 4.32. The molecule has 0 saturated heterocycles. The van der Waals surface area contributed by atoms with Gasteiger partial charge in [-0.1, -0.05) is 6.07 Å². The van der Waals surface area contributed by atoms with Gasteiger partial charge in [0.15, 0.2) is 0 Å². The number of nitrogens with two attached hydrogens (primary N) is 1. The van der Waals surface area contributed by atoms with Crippen LogP contribution < -0.4 is 5.73 Å². The van der Waals surface area contributed by atoms with Crippen LogP contribution in [0.4, 0.5) is 8.78 Å². The van der Waals surface area contributed by atoms with Gasteiger partial charge in [-0.25, -0.2) is 8.78 Å². The van der Waals surface area contributed by atoms with Crippen molar-refractivity contribution in [2.24, 2.45) is 5.73 Å². The summed E-state index contributed by atoms with van der Waals surface area (Å²) in [5.41, 5.74) is 5.03. The molecule has 0 aliphatic carbocycles. The minimum atomic E-state index is -0.966. The normalized spacial score (nSPS) is 15.2. The van der Waals surface area contributed by atoms with Crippen LogP contribution >= 0.6 is 0 Å². The van der Waals surface area contributed by atoms with E-state index in [0.717, 1.165) is 12.1 Å². The Kier molecular flexibility index (Phi) is 3.18. The Morgan fingerprint density at radius 2 is 2.07 bits per heavy atom. The second-order valence-electron chi connectivity index (χ2n) is 3.52. The van der Waals surface area contributed by atoms with Crippen LogP contribution in [-0.2, 0) is 5.54 Å². The van der Waals surface area contributed by atoms with Gasteiger partial charge in [0.1, 0.15) is 11.6 Å². The van der Waals surface area contributed by atoms with Gasteiger partial charge >= 0.3 is 0 Å². The molecule has 0 bridgehead atoms. The summed E-state index contributed by atoms with van der Waals surface area (Å²) >= 11 is 0. The number of hydrogen-bond acceptors (Lipinski definition) is 2. The highest BCUT2D eigenvalue weighted by atomic mass is 19.1. The zero-order valence-corrected chi connectivity index (χ0v) is 7.93. The number of aliphatic hydroxyl groups is 1. The molecule has 1 aromatic carbocycles. The predicted octanol–water partition coefficient (Wildman–Crippen LogP) is 1.52. The van der Waals surface area contributed by atoms with Gasteiger partial charge in [-0.3, -0.25) is 0 Å². The van der Waals surface area contributed by atoms with Crippen LogP contribution in [0.5, 0.6) is 0 Å². The summed E-state index contributed by atoms with van der Waals surface area (Å²) in [7, 11) is 0. The van der Waals surface area contributed by atoms with E-state index in [4.69, 9.17) is 10.8 Å². The number of hydrogen-bond donors (Lipinski definition) is 2. The zero-order valence-electron chi connectivity index (χ0n) is 7.93. The number of rotatable bonds is 3. The van der Waals surface area contributed by atoms with Crippen LogP contribution in [0.1, 0.15) is 18.9 Å². The third-order valence-electron chi connectivity index (χ3n) is 2.18. The molecule has 0 fully saturated rings. The van der Waals surface area contributed by atoms with Gasteiger partial charge in [-0.2, -0.15) is 0 Å². The highest BCUT2D eigenvalue weighted by Gasteiger charge is 2.24. The molecule has 0 aromatic heterocycles. The van der Waals surface area contributed by atoms with Gasteiger partial charge in [0.25, 0.3) is 0 Å². The molecule has 2 nitrogen and oxygen atoms in total. The number of benzene rings is 1. The van der Waals surface area contributed by atoms with E-state index in [-0.39, 0.29) is 18.6 Å². The molecule has 3 N–H and O–H groups in total. The molecule has 0 spiro atoms. The van der Waals surface area contributed by atoms with E-state index in [9.17, 15) is 8.78 Å². The lowest BCUT2D eigenvalue weighted by atomic mass is 9.90. The third kappa shape index (κ3) is 2.27.